The molecule has 0 aromatic heterocycles. The van der Waals surface area contributed by atoms with E-state index in [-0.39, 0.29) is 5.91 Å². The van der Waals surface area contributed by atoms with E-state index in [0.717, 1.165) is 24.5 Å². The highest BCUT2D eigenvalue weighted by molar-refractivity contribution is 7.99. The third-order valence-electron chi connectivity index (χ3n) is 3.62. The Balaban J connectivity index is 2.08. The molecule has 4 nitrogen and oxygen atoms in total. The summed E-state index contributed by atoms with van der Waals surface area (Å²) in [5, 5.41) is 6.25. The zero-order valence-electron chi connectivity index (χ0n) is 12.1. The van der Waals surface area contributed by atoms with Crippen LogP contribution >= 0.6 is 11.8 Å². The van der Waals surface area contributed by atoms with E-state index in [1.165, 1.54) is 4.90 Å². The van der Waals surface area contributed by atoms with Gasteiger partial charge in [-0.2, -0.15) is 0 Å². The summed E-state index contributed by atoms with van der Waals surface area (Å²) in [7, 11) is 1.62. The Morgan fingerprint density at radius 1 is 1.45 bits per heavy atom. The summed E-state index contributed by atoms with van der Waals surface area (Å²) in [5.74, 6) is 0.977. The van der Waals surface area contributed by atoms with Crippen molar-refractivity contribution in [2.75, 3.05) is 31.3 Å². The number of rotatable bonds is 5. The van der Waals surface area contributed by atoms with Gasteiger partial charge in [-0.3, -0.25) is 4.79 Å². The van der Waals surface area contributed by atoms with Crippen LogP contribution in [0.3, 0.4) is 0 Å². The van der Waals surface area contributed by atoms with E-state index in [1.54, 1.807) is 18.9 Å². The molecule has 0 atom stereocenters. The summed E-state index contributed by atoms with van der Waals surface area (Å²) < 4.78 is 5.53. The lowest BCUT2D eigenvalue weighted by atomic mass is 9.91. The van der Waals surface area contributed by atoms with Gasteiger partial charge >= 0.3 is 0 Å². The zero-order valence-corrected chi connectivity index (χ0v) is 12.9. The van der Waals surface area contributed by atoms with Crippen LogP contribution in [0.5, 0.6) is 0 Å². The van der Waals surface area contributed by atoms with Crippen LogP contribution < -0.4 is 10.6 Å². The molecule has 1 aliphatic rings. The van der Waals surface area contributed by atoms with Crippen molar-refractivity contribution in [3.63, 3.8) is 0 Å². The predicted molar refractivity (Wildman–Crippen MR) is 83.3 cm³/mol. The molecule has 1 fully saturated rings. The molecule has 5 heteroatoms. The Morgan fingerprint density at radius 2 is 2.20 bits per heavy atom. The van der Waals surface area contributed by atoms with Crippen LogP contribution in [0, 0.1) is 0 Å². The minimum atomic E-state index is -0.695. The first-order valence-corrected chi connectivity index (χ1v) is 7.99. The Bertz CT molecular complexity index is 459. The lowest BCUT2D eigenvalue weighted by Gasteiger charge is -2.34. The van der Waals surface area contributed by atoms with Gasteiger partial charge in [-0.25, -0.2) is 0 Å². The number of anilines is 1. The largest absolute Gasteiger partial charge is 0.368 e. The maximum Gasteiger partial charge on any atom is 0.256 e. The molecule has 1 aromatic rings. The quantitative estimate of drug-likeness (QED) is 0.819. The van der Waals surface area contributed by atoms with Gasteiger partial charge in [-0.15, -0.1) is 11.8 Å². The molecule has 2 N–H and O–H groups in total. The summed E-state index contributed by atoms with van der Waals surface area (Å²) in [6.45, 7) is 3.74. The normalized spacial score (nSPS) is 17.7. The third-order valence-corrected chi connectivity index (χ3v) is 4.49. The summed E-state index contributed by atoms with van der Waals surface area (Å²) in [5.41, 5.74) is 0.141. The molecule has 1 amide bonds. The summed E-state index contributed by atoms with van der Waals surface area (Å²) in [6, 6.07) is 7.95. The lowest BCUT2D eigenvalue weighted by Crippen LogP contribution is -2.51. The van der Waals surface area contributed by atoms with Gasteiger partial charge in [0.1, 0.15) is 5.60 Å². The first-order chi connectivity index (χ1) is 9.70. The zero-order chi connectivity index (χ0) is 14.4. The second-order valence-electron chi connectivity index (χ2n) is 4.86. The molecule has 0 unspecified atom stereocenters. The van der Waals surface area contributed by atoms with Crippen LogP contribution in [0.1, 0.15) is 19.8 Å². The molecule has 1 aromatic carbocycles. The molecular formula is C15H22N2O2S. The smallest absolute Gasteiger partial charge is 0.256 e. The number of thioether (sulfide) groups is 1. The molecule has 0 bridgehead atoms. The number of nitrogens with one attached hydrogen (secondary N) is 2. The van der Waals surface area contributed by atoms with Crippen LogP contribution in [0.15, 0.2) is 29.2 Å². The molecule has 0 aliphatic carbocycles. The van der Waals surface area contributed by atoms with Gasteiger partial charge in [0.2, 0.25) is 0 Å². The van der Waals surface area contributed by atoms with E-state index >= 15 is 0 Å². The van der Waals surface area contributed by atoms with Crippen molar-refractivity contribution in [1.82, 2.24) is 5.32 Å². The Hall–Kier alpha value is -1.04. The van der Waals surface area contributed by atoms with Crippen molar-refractivity contribution in [2.45, 2.75) is 30.3 Å². The monoisotopic (exact) mass is 294 g/mol. The molecule has 0 radical (unpaired) electrons. The SMILES string of the molecule is CCSc1cccc(NC(=O)C2(OC)CCNCC2)c1. The highest BCUT2D eigenvalue weighted by atomic mass is 32.2. The van der Waals surface area contributed by atoms with Crippen molar-refractivity contribution in [1.29, 1.82) is 0 Å². The van der Waals surface area contributed by atoms with Crippen molar-refractivity contribution in [2.24, 2.45) is 0 Å². The number of methoxy groups -OCH3 is 1. The maximum atomic E-state index is 12.5. The average Bonchev–Trinajstić information content (AvgIpc) is 2.48. The van der Waals surface area contributed by atoms with Gasteiger partial charge in [0.25, 0.3) is 5.91 Å². The van der Waals surface area contributed by atoms with Crippen molar-refractivity contribution in [3.05, 3.63) is 24.3 Å². The number of piperidine rings is 1. The molecule has 0 saturated carbocycles. The number of hydrogen-bond donors (Lipinski definition) is 2. The van der Waals surface area contributed by atoms with Crippen molar-refractivity contribution < 1.29 is 9.53 Å². The van der Waals surface area contributed by atoms with Gasteiger partial charge in [0.15, 0.2) is 0 Å². The molecule has 0 spiro atoms. The second-order valence-corrected chi connectivity index (χ2v) is 6.20. The molecule has 1 aliphatic heterocycles. The van der Waals surface area contributed by atoms with E-state index in [0.29, 0.717) is 12.8 Å². The first kappa shape index (κ1) is 15.4. The molecule has 2 rings (SSSR count). The summed E-state index contributed by atoms with van der Waals surface area (Å²) >= 11 is 1.76. The molecule has 1 heterocycles. The molecular weight excluding hydrogens is 272 g/mol. The predicted octanol–water partition coefficient (Wildman–Crippen LogP) is 2.51. The number of carbonyl (C=O) groups excluding carboxylic acids is 1. The van der Waals surface area contributed by atoms with Crippen LogP contribution in [-0.2, 0) is 9.53 Å². The Morgan fingerprint density at radius 3 is 2.85 bits per heavy atom. The fourth-order valence-electron chi connectivity index (χ4n) is 2.43. The second kappa shape index (κ2) is 7.11. The molecule has 110 valence electrons. The third kappa shape index (κ3) is 3.53. The average molecular weight is 294 g/mol. The fourth-order valence-corrected chi connectivity index (χ4v) is 3.15. The van der Waals surface area contributed by atoms with E-state index in [4.69, 9.17) is 4.74 Å². The highest BCUT2D eigenvalue weighted by Gasteiger charge is 2.39. The van der Waals surface area contributed by atoms with E-state index in [2.05, 4.69) is 23.6 Å². The number of ether oxygens (including phenoxy) is 1. The van der Waals surface area contributed by atoms with Crippen LogP contribution in [-0.4, -0.2) is 37.5 Å². The minimum Gasteiger partial charge on any atom is -0.368 e. The van der Waals surface area contributed by atoms with Gasteiger partial charge in [-0.05, 0) is 49.9 Å². The standard InChI is InChI=1S/C15H22N2O2S/c1-3-20-13-6-4-5-12(11-13)17-14(18)15(19-2)7-9-16-10-8-15/h4-6,11,16H,3,7-10H2,1-2H3,(H,17,18). The topological polar surface area (TPSA) is 50.4 Å². The fraction of sp³-hybridized carbons (Fsp3) is 0.533. The van der Waals surface area contributed by atoms with Gasteiger partial charge < -0.3 is 15.4 Å². The van der Waals surface area contributed by atoms with Crippen LogP contribution in [0.4, 0.5) is 5.69 Å². The number of hydrogen-bond acceptors (Lipinski definition) is 4. The van der Waals surface area contributed by atoms with E-state index in [9.17, 15) is 4.79 Å². The molecule has 20 heavy (non-hydrogen) atoms. The summed E-state index contributed by atoms with van der Waals surface area (Å²) in [4.78, 5) is 13.7. The maximum absolute atomic E-state index is 12.5. The van der Waals surface area contributed by atoms with Crippen molar-refractivity contribution in [3.8, 4) is 0 Å². The van der Waals surface area contributed by atoms with Gasteiger partial charge in [0, 0.05) is 17.7 Å². The van der Waals surface area contributed by atoms with Crippen molar-refractivity contribution >= 4 is 23.4 Å². The van der Waals surface area contributed by atoms with E-state index < -0.39 is 5.60 Å². The minimum absolute atomic E-state index is 0.0415. The van der Waals surface area contributed by atoms with Gasteiger partial charge in [-0.1, -0.05) is 13.0 Å². The van der Waals surface area contributed by atoms with Crippen LogP contribution in [0.25, 0.3) is 0 Å². The van der Waals surface area contributed by atoms with E-state index in [1.807, 2.05) is 18.2 Å². The lowest BCUT2D eigenvalue weighted by molar-refractivity contribution is -0.140. The summed E-state index contributed by atoms with van der Waals surface area (Å²) in [6.07, 6.45) is 1.41. The van der Waals surface area contributed by atoms with Gasteiger partial charge in [0.05, 0.1) is 0 Å². The molecule has 1 saturated heterocycles. The first-order valence-electron chi connectivity index (χ1n) is 7.00. The van der Waals surface area contributed by atoms with Crippen LogP contribution in [0.2, 0.25) is 0 Å². The Kier molecular flexibility index (Phi) is 5.46. The number of amides is 1. The number of benzene rings is 1. The highest BCUT2D eigenvalue weighted by Crippen LogP contribution is 2.26. The number of carbonyl (C=O) groups is 1. The Labute approximate surface area is 124 Å².